The number of imide groups is 1. The van der Waals surface area contributed by atoms with E-state index in [1.807, 2.05) is 0 Å². The summed E-state index contributed by atoms with van der Waals surface area (Å²) >= 11 is 0. The first-order chi connectivity index (χ1) is 17.2. The van der Waals surface area contributed by atoms with Crippen LogP contribution in [0.1, 0.15) is 29.9 Å². The number of fused-ring (bicyclic) bond motifs is 1. The van der Waals surface area contributed by atoms with Gasteiger partial charge in [-0.05, 0) is 37.6 Å². The highest BCUT2D eigenvalue weighted by molar-refractivity contribution is 6.09. The highest BCUT2D eigenvalue weighted by Crippen LogP contribution is 2.29. The van der Waals surface area contributed by atoms with E-state index in [0.29, 0.717) is 22.1 Å². The number of ether oxygens (including phenoxy) is 1. The van der Waals surface area contributed by atoms with Crippen molar-refractivity contribution in [3.63, 3.8) is 0 Å². The minimum atomic E-state index is -1.37. The van der Waals surface area contributed by atoms with Crippen LogP contribution in [0, 0.1) is 0 Å². The number of urea groups is 1. The summed E-state index contributed by atoms with van der Waals surface area (Å²) in [5.74, 6) is -1.61. The lowest BCUT2D eigenvalue weighted by atomic mass is 9.92. The molecule has 2 heterocycles. The molecule has 1 aromatic heterocycles. The van der Waals surface area contributed by atoms with Gasteiger partial charge in [0.2, 0.25) is 0 Å². The number of methoxy groups -OCH3 is 1. The number of carbonyl (C=O) groups is 4. The molecule has 1 aliphatic heterocycles. The number of aromatic nitrogens is 2. The SMILES string of the molecule is CCn1nc(C(=O)NNC(=O)CN2C(=O)NC(C)(c3ccc(OC)cc3)C2=O)c2ccccc2c1=O. The molecule has 0 spiro atoms. The summed E-state index contributed by atoms with van der Waals surface area (Å²) in [5, 5.41) is 7.33. The Bertz CT molecular complexity index is 1430. The number of amides is 5. The molecule has 1 saturated heterocycles. The van der Waals surface area contributed by atoms with E-state index in [9.17, 15) is 24.0 Å². The van der Waals surface area contributed by atoms with Gasteiger partial charge in [0.25, 0.3) is 23.3 Å². The molecule has 0 bridgehead atoms. The number of carbonyl (C=O) groups excluding carboxylic acids is 4. The van der Waals surface area contributed by atoms with Gasteiger partial charge in [-0.25, -0.2) is 9.48 Å². The van der Waals surface area contributed by atoms with E-state index in [1.165, 1.54) is 14.0 Å². The molecule has 12 nitrogen and oxygen atoms in total. The lowest BCUT2D eigenvalue weighted by Gasteiger charge is -2.22. The first-order valence-electron chi connectivity index (χ1n) is 11.1. The van der Waals surface area contributed by atoms with E-state index in [4.69, 9.17) is 4.74 Å². The van der Waals surface area contributed by atoms with Crippen molar-refractivity contribution < 1.29 is 23.9 Å². The molecule has 36 heavy (non-hydrogen) atoms. The fraction of sp³-hybridized carbons (Fsp3) is 0.250. The van der Waals surface area contributed by atoms with Gasteiger partial charge < -0.3 is 10.1 Å². The first kappa shape index (κ1) is 24.4. The van der Waals surface area contributed by atoms with Gasteiger partial charge in [-0.15, -0.1) is 0 Å². The second-order valence-corrected chi connectivity index (χ2v) is 8.19. The number of nitrogens with one attached hydrogen (secondary N) is 3. The van der Waals surface area contributed by atoms with E-state index >= 15 is 0 Å². The van der Waals surface area contributed by atoms with Gasteiger partial charge in [0.05, 0.1) is 12.5 Å². The Morgan fingerprint density at radius 1 is 1.03 bits per heavy atom. The molecular formula is C24H24N6O6. The summed E-state index contributed by atoms with van der Waals surface area (Å²) in [6.45, 7) is 2.87. The molecular weight excluding hydrogens is 468 g/mol. The van der Waals surface area contributed by atoms with Crippen LogP contribution < -0.4 is 26.5 Å². The number of hydrogen-bond acceptors (Lipinski definition) is 7. The third kappa shape index (κ3) is 4.24. The van der Waals surface area contributed by atoms with Gasteiger partial charge in [-0.3, -0.25) is 34.9 Å². The maximum Gasteiger partial charge on any atom is 0.325 e. The van der Waals surface area contributed by atoms with E-state index < -0.39 is 35.8 Å². The van der Waals surface area contributed by atoms with E-state index in [2.05, 4.69) is 21.3 Å². The molecule has 1 unspecified atom stereocenters. The van der Waals surface area contributed by atoms with E-state index in [-0.39, 0.29) is 17.8 Å². The largest absolute Gasteiger partial charge is 0.497 e. The van der Waals surface area contributed by atoms with Crippen LogP contribution in [-0.4, -0.2) is 52.1 Å². The Morgan fingerprint density at radius 3 is 2.33 bits per heavy atom. The van der Waals surface area contributed by atoms with Crippen LogP contribution in [0.25, 0.3) is 10.8 Å². The van der Waals surface area contributed by atoms with Crippen molar-refractivity contribution in [1.82, 2.24) is 30.8 Å². The highest BCUT2D eigenvalue weighted by atomic mass is 16.5. The van der Waals surface area contributed by atoms with Crippen LogP contribution in [0.5, 0.6) is 5.75 Å². The Hall–Kier alpha value is -4.74. The number of rotatable bonds is 6. The molecule has 5 amide bonds. The van der Waals surface area contributed by atoms with Gasteiger partial charge in [0.1, 0.15) is 17.8 Å². The van der Waals surface area contributed by atoms with Crippen molar-refractivity contribution in [2.45, 2.75) is 25.9 Å². The number of benzene rings is 2. The summed E-state index contributed by atoms with van der Waals surface area (Å²) in [4.78, 5) is 64.0. The number of hydrazine groups is 1. The van der Waals surface area contributed by atoms with Crippen molar-refractivity contribution in [3.8, 4) is 5.75 Å². The van der Waals surface area contributed by atoms with Crippen LogP contribution >= 0.6 is 0 Å². The van der Waals surface area contributed by atoms with Crippen LogP contribution in [0.4, 0.5) is 4.79 Å². The Balaban J connectivity index is 1.46. The zero-order chi connectivity index (χ0) is 26.0. The maximum absolute atomic E-state index is 13.0. The summed E-state index contributed by atoms with van der Waals surface area (Å²) < 4.78 is 6.26. The first-order valence-corrected chi connectivity index (χ1v) is 11.1. The fourth-order valence-electron chi connectivity index (χ4n) is 3.95. The van der Waals surface area contributed by atoms with Gasteiger partial charge in [-0.2, -0.15) is 5.10 Å². The van der Waals surface area contributed by atoms with Gasteiger partial charge >= 0.3 is 6.03 Å². The van der Waals surface area contributed by atoms with Crippen LogP contribution in [0.15, 0.2) is 53.3 Å². The van der Waals surface area contributed by atoms with Crippen LogP contribution in [0.3, 0.4) is 0 Å². The predicted molar refractivity (Wildman–Crippen MR) is 128 cm³/mol. The number of nitrogens with zero attached hydrogens (tertiary/aromatic N) is 3. The maximum atomic E-state index is 13.0. The van der Waals surface area contributed by atoms with Gasteiger partial charge in [0, 0.05) is 11.9 Å². The third-order valence-corrected chi connectivity index (χ3v) is 5.94. The Morgan fingerprint density at radius 2 is 1.69 bits per heavy atom. The van der Waals surface area contributed by atoms with E-state index in [0.717, 1.165) is 9.58 Å². The second-order valence-electron chi connectivity index (χ2n) is 8.19. The molecule has 3 N–H and O–H groups in total. The summed E-state index contributed by atoms with van der Waals surface area (Å²) in [6, 6.07) is 12.3. The molecule has 1 fully saturated rings. The topological polar surface area (TPSA) is 152 Å². The number of hydrogen-bond donors (Lipinski definition) is 3. The van der Waals surface area contributed by atoms with Crippen molar-refractivity contribution >= 4 is 34.5 Å². The van der Waals surface area contributed by atoms with Crippen molar-refractivity contribution in [2.24, 2.45) is 0 Å². The van der Waals surface area contributed by atoms with Gasteiger partial charge in [-0.1, -0.05) is 30.3 Å². The van der Waals surface area contributed by atoms with E-state index in [1.54, 1.807) is 55.5 Å². The summed E-state index contributed by atoms with van der Waals surface area (Å²) in [7, 11) is 1.51. The molecule has 3 aromatic rings. The summed E-state index contributed by atoms with van der Waals surface area (Å²) in [6.07, 6.45) is 0. The molecule has 4 rings (SSSR count). The number of aryl methyl sites for hydroxylation is 1. The molecule has 1 atom stereocenters. The fourth-order valence-corrected chi connectivity index (χ4v) is 3.95. The molecule has 1 aliphatic rings. The smallest absolute Gasteiger partial charge is 0.325 e. The monoisotopic (exact) mass is 492 g/mol. The third-order valence-electron chi connectivity index (χ3n) is 5.94. The highest BCUT2D eigenvalue weighted by Gasteiger charge is 2.49. The van der Waals surface area contributed by atoms with Crippen molar-refractivity contribution in [1.29, 1.82) is 0 Å². The lowest BCUT2D eigenvalue weighted by Crippen LogP contribution is -2.48. The lowest BCUT2D eigenvalue weighted by molar-refractivity contribution is -0.135. The van der Waals surface area contributed by atoms with Crippen molar-refractivity contribution in [2.75, 3.05) is 13.7 Å². The predicted octanol–water partition coefficient (Wildman–Crippen LogP) is 0.653. The van der Waals surface area contributed by atoms with Crippen LogP contribution in [0.2, 0.25) is 0 Å². The molecule has 0 aliphatic carbocycles. The Labute approximate surface area is 205 Å². The standard InChI is InChI=1S/C24H24N6O6/c1-4-30-21(33)17-8-6-5-7-16(17)19(28-30)20(32)27-26-18(31)13-29-22(34)24(2,25-23(29)35)14-9-11-15(36-3)12-10-14/h5-12H,4,13H2,1-3H3,(H,25,35)(H,26,31)(H,27,32). The normalized spacial score (nSPS) is 17.1. The molecule has 186 valence electrons. The zero-order valence-electron chi connectivity index (χ0n) is 19.8. The minimum absolute atomic E-state index is 0.0607. The molecule has 0 saturated carbocycles. The minimum Gasteiger partial charge on any atom is -0.497 e. The quantitative estimate of drug-likeness (QED) is 0.338. The average molecular weight is 492 g/mol. The van der Waals surface area contributed by atoms with Gasteiger partial charge in [0.15, 0.2) is 5.69 Å². The van der Waals surface area contributed by atoms with Crippen LogP contribution in [-0.2, 0) is 21.7 Å². The molecule has 2 aromatic carbocycles. The zero-order valence-corrected chi connectivity index (χ0v) is 19.8. The average Bonchev–Trinajstić information content (AvgIpc) is 3.11. The second kappa shape index (κ2) is 9.49. The molecule has 0 radical (unpaired) electrons. The molecule has 12 heteroatoms. The van der Waals surface area contributed by atoms with Crippen molar-refractivity contribution in [3.05, 3.63) is 70.1 Å². The summed E-state index contributed by atoms with van der Waals surface area (Å²) in [5.41, 5.74) is 3.16. The Kier molecular flexibility index (Phi) is 6.43.